The Hall–Kier alpha value is -3.09. The summed E-state index contributed by atoms with van der Waals surface area (Å²) in [4.78, 5) is 23.1. The van der Waals surface area contributed by atoms with Crippen LogP contribution in [0, 0.1) is 0 Å². The molecule has 2 aromatic carbocycles. The Kier molecular flexibility index (Phi) is 5.26. The minimum absolute atomic E-state index is 0.0589. The van der Waals surface area contributed by atoms with Gasteiger partial charge >= 0.3 is 12.1 Å². The molecule has 0 aliphatic rings. The first-order chi connectivity index (χ1) is 11.7. The third kappa shape index (κ3) is 4.69. The highest BCUT2D eigenvalue weighted by Crippen LogP contribution is 2.30. The van der Waals surface area contributed by atoms with E-state index in [0.29, 0.717) is 11.1 Å². The van der Waals surface area contributed by atoms with Crippen molar-refractivity contribution in [1.82, 2.24) is 0 Å². The number of carboxylic acids is 1. The van der Waals surface area contributed by atoms with Crippen molar-refractivity contribution in [3.05, 3.63) is 71.3 Å². The molecule has 0 aromatic heterocycles. The predicted octanol–water partition coefficient (Wildman–Crippen LogP) is 4.45. The van der Waals surface area contributed by atoms with Crippen LogP contribution in [0.5, 0.6) is 0 Å². The van der Waals surface area contributed by atoms with Crippen molar-refractivity contribution < 1.29 is 27.9 Å². The van der Waals surface area contributed by atoms with Crippen LogP contribution in [-0.2, 0) is 11.0 Å². The molecular formula is C18H14F3NO3. The number of carboxylic acid groups (broad SMARTS) is 1. The quantitative estimate of drug-likeness (QED) is 0.802. The fourth-order valence-corrected chi connectivity index (χ4v) is 2.15. The lowest BCUT2D eigenvalue weighted by Gasteiger charge is -2.09. The Labute approximate surface area is 141 Å². The Balaban J connectivity index is 2.17. The van der Waals surface area contributed by atoms with Crippen molar-refractivity contribution in [3.8, 4) is 0 Å². The molecule has 130 valence electrons. The van der Waals surface area contributed by atoms with Crippen LogP contribution in [0.2, 0.25) is 0 Å². The maximum absolute atomic E-state index is 12.5. The maximum atomic E-state index is 12.5. The van der Waals surface area contributed by atoms with Crippen LogP contribution in [0.25, 0.3) is 5.57 Å². The second-order valence-electron chi connectivity index (χ2n) is 5.24. The Morgan fingerprint density at radius 2 is 1.64 bits per heavy atom. The minimum Gasteiger partial charge on any atom is -0.478 e. The standard InChI is InChI=1S/C18H14F3NO3/c1-11(12-6-8-13(9-7-12)18(19,20)21)10-16(23)22-15-5-3-2-4-14(15)17(24)25/h2-10H,1H3,(H,22,23)(H,24,25). The molecule has 2 rings (SSSR count). The number of alkyl halides is 3. The van der Waals surface area contributed by atoms with E-state index < -0.39 is 23.6 Å². The first-order valence-electron chi connectivity index (χ1n) is 7.17. The summed E-state index contributed by atoms with van der Waals surface area (Å²) in [6.07, 6.45) is -3.23. The van der Waals surface area contributed by atoms with Crippen LogP contribution in [0.15, 0.2) is 54.6 Å². The summed E-state index contributed by atoms with van der Waals surface area (Å²) >= 11 is 0. The number of hydrogen-bond acceptors (Lipinski definition) is 2. The fourth-order valence-electron chi connectivity index (χ4n) is 2.15. The van der Waals surface area contributed by atoms with Crippen LogP contribution in [0.1, 0.15) is 28.4 Å². The van der Waals surface area contributed by atoms with E-state index in [1.807, 2.05) is 0 Å². The van der Waals surface area contributed by atoms with Gasteiger partial charge in [-0.15, -0.1) is 0 Å². The van der Waals surface area contributed by atoms with Gasteiger partial charge in [-0.25, -0.2) is 4.79 Å². The van der Waals surface area contributed by atoms with Crippen LogP contribution in [0.3, 0.4) is 0 Å². The number of anilines is 1. The molecule has 25 heavy (non-hydrogen) atoms. The van der Waals surface area contributed by atoms with E-state index >= 15 is 0 Å². The van der Waals surface area contributed by atoms with Crippen molar-refractivity contribution in [1.29, 1.82) is 0 Å². The van der Waals surface area contributed by atoms with E-state index in [-0.39, 0.29) is 11.3 Å². The van der Waals surface area contributed by atoms with Gasteiger partial charge in [0.15, 0.2) is 0 Å². The predicted molar refractivity (Wildman–Crippen MR) is 87.1 cm³/mol. The van der Waals surface area contributed by atoms with Gasteiger partial charge in [-0.2, -0.15) is 13.2 Å². The van der Waals surface area contributed by atoms with Crippen LogP contribution < -0.4 is 5.32 Å². The molecule has 0 saturated heterocycles. The van der Waals surface area contributed by atoms with Gasteiger partial charge in [-0.3, -0.25) is 4.79 Å². The summed E-state index contributed by atoms with van der Waals surface area (Å²) in [6.45, 7) is 1.57. The SMILES string of the molecule is CC(=CC(=O)Nc1ccccc1C(=O)O)c1ccc(C(F)(F)F)cc1. The maximum Gasteiger partial charge on any atom is 0.416 e. The first kappa shape index (κ1) is 18.3. The van der Waals surface area contributed by atoms with Gasteiger partial charge in [0.25, 0.3) is 0 Å². The molecule has 1 amide bonds. The summed E-state index contributed by atoms with van der Waals surface area (Å²) in [5.74, 6) is -1.76. The zero-order valence-corrected chi connectivity index (χ0v) is 13.1. The first-order valence-corrected chi connectivity index (χ1v) is 7.17. The van der Waals surface area contributed by atoms with E-state index in [2.05, 4.69) is 5.32 Å². The molecule has 4 nitrogen and oxygen atoms in total. The highest BCUT2D eigenvalue weighted by Gasteiger charge is 2.29. The molecule has 0 bridgehead atoms. The molecule has 2 aromatic rings. The lowest BCUT2D eigenvalue weighted by molar-refractivity contribution is -0.137. The summed E-state index contributed by atoms with van der Waals surface area (Å²) in [7, 11) is 0. The second-order valence-corrected chi connectivity index (χ2v) is 5.24. The monoisotopic (exact) mass is 349 g/mol. The molecule has 0 spiro atoms. The van der Waals surface area contributed by atoms with Gasteiger partial charge in [0.1, 0.15) is 0 Å². The number of nitrogens with one attached hydrogen (secondary N) is 1. The number of halogens is 3. The molecule has 0 unspecified atom stereocenters. The number of allylic oxidation sites excluding steroid dienone is 1. The van der Waals surface area contributed by atoms with Gasteiger partial charge in [-0.1, -0.05) is 24.3 Å². The Bertz CT molecular complexity index is 824. The van der Waals surface area contributed by atoms with Gasteiger partial charge in [0.2, 0.25) is 5.91 Å². The molecule has 0 heterocycles. The van der Waals surface area contributed by atoms with E-state index in [1.54, 1.807) is 13.0 Å². The normalized spacial score (nSPS) is 11.9. The lowest BCUT2D eigenvalue weighted by atomic mass is 10.0. The third-order valence-electron chi connectivity index (χ3n) is 3.43. The third-order valence-corrected chi connectivity index (χ3v) is 3.43. The number of hydrogen-bond donors (Lipinski definition) is 2. The van der Waals surface area contributed by atoms with Crippen LogP contribution >= 0.6 is 0 Å². The average molecular weight is 349 g/mol. The van der Waals surface area contributed by atoms with E-state index in [9.17, 15) is 22.8 Å². The minimum atomic E-state index is -4.42. The molecule has 0 radical (unpaired) electrons. The summed E-state index contributed by atoms with van der Waals surface area (Å²) < 4.78 is 37.6. The van der Waals surface area contributed by atoms with Gasteiger partial charge in [0, 0.05) is 6.08 Å². The van der Waals surface area contributed by atoms with E-state index in [0.717, 1.165) is 12.1 Å². The summed E-state index contributed by atoms with van der Waals surface area (Å²) in [5.41, 5.74) is 0.200. The zero-order valence-electron chi connectivity index (χ0n) is 13.1. The van der Waals surface area contributed by atoms with Gasteiger partial charge in [-0.05, 0) is 42.3 Å². The van der Waals surface area contributed by atoms with E-state index in [4.69, 9.17) is 5.11 Å². The molecule has 2 N–H and O–H groups in total. The number of carbonyl (C=O) groups excluding carboxylic acids is 1. The average Bonchev–Trinajstić information content (AvgIpc) is 2.54. The van der Waals surface area contributed by atoms with Crippen LogP contribution in [-0.4, -0.2) is 17.0 Å². The number of rotatable bonds is 4. The smallest absolute Gasteiger partial charge is 0.416 e. The number of benzene rings is 2. The molecule has 0 aliphatic carbocycles. The van der Waals surface area contributed by atoms with Crippen LogP contribution in [0.4, 0.5) is 18.9 Å². The number of carbonyl (C=O) groups is 2. The number of aromatic carboxylic acids is 1. The fraction of sp³-hybridized carbons (Fsp3) is 0.111. The highest BCUT2D eigenvalue weighted by atomic mass is 19.4. The summed E-state index contributed by atoms with van der Waals surface area (Å²) in [6, 6.07) is 10.3. The molecular weight excluding hydrogens is 335 g/mol. The van der Waals surface area contributed by atoms with Gasteiger partial charge < -0.3 is 10.4 Å². The molecule has 7 heteroatoms. The lowest BCUT2D eigenvalue weighted by Crippen LogP contribution is -2.12. The molecule has 0 fully saturated rings. The number of amides is 1. The van der Waals surface area contributed by atoms with Crippen molar-refractivity contribution in [3.63, 3.8) is 0 Å². The Morgan fingerprint density at radius 3 is 2.20 bits per heavy atom. The van der Waals surface area contributed by atoms with Crippen molar-refractivity contribution in [2.45, 2.75) is 13.1 Å². The topological polar surface area (TPSA) is 66.4 Å². The highest BCUT2D eigenvalue weighted by molar-refractivity contribution is 6.07. The van der Waals surface area contributed by atoms with E-state index in [1.165, 1.54) is 36.4 Å². The zero-order chi connectivity index (χ0) is 18.6. The largest absolute Gasteiger partial charge is 0.478 e. The van der Waals surface area contributed by atoms with Gasteiger partial charge in [0.05, 0.1) is 16.8 Å². The molecule has 0 saturated carbocycles. The van der Waals surface area contributed by atoms with Crippen molar-refractivity contribution >= 4 is 23.1 Å². The summed E-state index contributed by atoms with van der Waals surface area (Å²) in [5, 5.41) is 11.5. The van der Waals surface area contributed by atoms with Crippen molar-refractivity contribution in [2.24, 2.45) is 0 Å². The number of para-hydroxylation sites is 1. The molecule has 0 aliphatic heterocycles. The molecule has 0 atom stereocenters. The second kappa shape index (κ2) is 7.21. The Morgan fingerprint density at radius 1 is 1.04 bits per heavy atom. The van der Waals surface area contributed by atoms with Crippen molar-refractivity contribution in [2.75, 3.05) is 5.32 Å².